The van der Waals surface area contributed by atoms with Crippen molar-refractivity contribution in [2.24, 2.45) is 0 Å². The molecule has 3 aromatic rings. The summed E-state index contributed by atoms with van der Waals surface area (Å²) in [6.45, 7) is 0. The fraction of sp³-hybridized carbons (Fsp3) is 0.0769. The van der Waals surface area contributed by atoms with Gasteiger partial charge in [-0.15, -0.1) is 11.3 Å². The Morgan fingerprint density at radius 3 is 2.65 bits per heavy atom. The molecule has 0 aliphatic carbocycles. The number of para-hydroxylation sites is 2. The van der Waals surface area contributed by atoms with E-state index in [0.29, 0.717) is 8.91 Å². The second-order valence-electron chi connectivity index (χ2n) is 4.34. The Morgan fingerprint density at radius 2 is 2.00 bits per heavy atom. The number of rotatable bonds is 2. The molecule has 0 bridgehead atoms. The summed E-state index contributed by atoms with van der Waals surface area (Å²) in [5.41, 5.74) is -0.161. The van der Waals surface area contributed by atoms with Crippen molar-refractivity contribution in [3.8, 4) is 0 Å². The molecular weight excluding hydrogens is 347 g/mol. The van der Waals surface area contributed by atoms with Crippen LogP contribution in [0.4, 0.5) is 13.2 Å². The smallest absolute Gasteiger partial charge is 0.282 e. The number of hydrogen-bond donors (Lipinski definition) is 2. The van der Waals surface area contributed by atoms with Crippen LogP contribution in [0, 0.1) is 10.8 Å². The predicted octanol–water partition coefficient (Wildman–Crippen LogP) is 3.51. The maximum Gasteiger partial charge on any atom is 0.449 e. The van der Waals surface area contributed by atoms with Gasteiger partial charge in [-0.1, -0.05) is 12.1 Å². The van der Waals surface area contributed by atoms with Crippen LogP contribution in [0.2, 0.25) is 0 Å². The van der Waals surface area contributed by atoms with Crippen molar-refractivity contribution in [1.29, 1.82) is 10.8 Å². The highest BCUT2D eigenvalue weighted by atomic mass is 32.2. The van der Waals surface area contributed by atoms with Crippen LogP contribution in [0.5, 0.6) is 0 Å². The van der Waals surface area contributed by atoms with Crippen molar-refractivity contribution in [2.45, 2.75) is 15.5 Å². The monoisotopic (exact) mass is 355 g/mol. The Labute approximate surface area is 135 Å². The van der Waals surface area contributed by atoms with E-state index in [2.05, 4.69) is 9.97 Å². The second-order valence-corrected chi connectivity index (χ2v) is 6.47. The Bertz CT molecular complexity index is 931. The van der Waals surface area contributed by atoms with Crippen LogP contribution in [0.25, 0.3) is 11.0 Å². The van der Waals surface area contributed by atoms with E-state index in [1.54, 1.807) is 23.7 Å². The van der Waals surface area contributed by atoms with E-state index in [1.165, 1.54) is 23.5 Å². The van der Waals surface area contributed by atoms with Crippen molar-refractivity contribution < 1.29 is 13.2 Å². The van der Waals surface area contributed by atoms with Gasteiger partial charge in [0.15, 0.2) is 9.83 Å². The molecule has 2 N–H and O–H groups in total. The summed E-state index contributed by atoms with van der Waals surface area (Å²) in [6, 6.07) is 6.12. The van der Waals surface area contributed by atoms with E-state index in [4.69, 9.17) is 10.8 Å². The quantitative estimate of drug-likeness (QED) is 0.545. The molecule has 0 atom stereocenters. The molecule has 2 aromatic heterocycles. The van der Waals surface area contributed by atoms with Gasteiger partial charge in [-0.05, 0) is 23.9 Å². The molecule has 0 saturated carbocycles. The molecule has 0 fully saturated rings. The zero-order valence-corrected chi connectivity index (χ0v) is 12.9. The highest BCUT2D eigenvalue weighted by Gasteiger charge is 2.37. The first-order valence-corrected chi connectivity index (χ1v) is 7.87. The van der Waals surface area contributed by atoms with Crippen LogP contribution >= 0.6 is 23.1 Å². The molecule has 0 aliphatic heterocycles. The number of hydrogen-bond acceptors (Lipinski definition) is 6. The zero-order chi connectivity index (χ0) is 16.6. The maximum atomic E-state index is 13.0. The summed E-state index contributed by atoms with van der Waals surface area (Å²) < 4.78 is 40.1. The van der Waals surface area contributed by atoms with E-state index < -0.39 is 17.5 Å². The van der Waals surface area contributed by atoms with Gasteiger partial charge in [0, 0.05) is 11.6 Å². The molecule has 0 saturated heterocycles. The normalized spacial score (nSPS) is 11.8. The number of aromatic nitrogens is 3. The third kappa shape index (κ3) is 2.99. The lowest BCUT2D eigenvalue weighted by Crippen LogP contribution is -2.38. The van der Waals surface area contributed by atoms with E-state index in [9.17, 15) is 13.2 Å². The van der Waals surface area contributed by atoms with Crippen LogP contribution < -0.4 is 5.49 Å². The summed E-state index contributed by atoms with van der Waals surface area (Å²) in [7, 11) is 0. The first-order valence-electron chi connectivity index (χ1n) is 6.18. The highest BCUT2D eigenvalue weighted by Crippen LogP contribution is 2.27. The van der Waals surface area contributed by atoms with Crippen LogP contribution in [0.3, 0.4) is 0 Å². The molecule has 23 heavy (non-hydrogen) atoms. The number of nitrogens with one attached hydrogen (secondary N) is 2. The lowest BCUT2D eigenvalue weighted by molar-refractivity contribution is -0.0624. The average Bonchev–Trinajstić information content (AvgIpc) is 3.00. The Kier molecular flexibility index (Phi) is 3.94. The molecular formula is C13H8F3N5S2. The third-order valence-electron chi connectivity index (χ3n) is 2.86. The van der Waals surface area contributed by atoms with E-state index >= 15 is 0 Å². The first-order chi connectivity index (χ1) is 10.9. The standard InChI is InChI=1S/C13H8F3N5S2/c14-13(15,16)11(18)21-8-4-2-1-3-7(8)20-10(9(21)17)23-12-19-5-6-22-12/h1-6,17-18H. The maximum absolute atomic E-state index is 13.0. The number of fused-ring (bicyclic) bond motifs is 1. The highest BCUT2D eigenvalue weighted by molar-refractivity contribution is 8.00. The summed E-state index contributed by atoms with van der Waals surface area (Å²) in [5, 5.41) is 17.3. The number of halogens is 3. The van der Waals surface area contributed by atoms with Crippen molar-refractivity contribution in [1.82, 2.24) is 14.5 Å². The minimum Gasteiger partial charge on any atom is -0.282 e. The Hall–Kier alpha value is -2.20. The number of alkyl halides is 3. The fourth-order valence-electron chi connectivity index (χ4n) is 1.90. The summed E-state index contributed by atoms with van der Waals surface area (Å²) >= 11 is 2.30. The molecule has 2 heterocycles. The first kappa shape index (κ1) is 15.7. The lowest BCUT2D eigenvalue weighted by Gasteiger charge is -2.15. The van der Waals surface area contributed by atoms with Crippen molar-refractivity contribution in [3.63, 3.8) is 0 Å². The molecule has 3 rings (SSSR count). The third-order valence-corrected chi connectivity index (χ3v) is 4.72. The van der Waals surface area contributed by atoms with Crippen molar-refractivity contribution >= 4 is 40.0 Å². The van der Waals surface area contributed by atoms with Gasteiger partial charge in [-0.2, -0.15) is 13.2 Å². The molecule has 118 valence electrons. The molecule has 0 radical (unpaired) electrons. The van der Waals surface area contributed by atoms with Gasteiger partial charge < -0.3 is 0 Å². The predicted molar refractivity (Wildman–Crippen MR) is 81.0 cm³/mol. The van der Waals surface area contributed by atoms with Gasteiger partial charge in [0.05, 0.1) is 11.0 Å². The van der Waals surface area contributed by atoms with Gasteiger partial charge >= 0.3 is 6.18 Å². The average molecular weight is 355 g/mol. The molecule has 0 unspecified atom stereocenters. The van der Waals surface area contributed by atoms with Crippen molar-refractivity contribution in [3.05, 3.63) is 41.3 Å². The van der Waals surface area contributed by atoms with Gasteiger partial charge in [-0.3, -0.25) is 15.4 Å². The van der Waals surface area contributed by atoms with E-state index in [1.807, 2.05) is 0 Å². The second kappa shape index (κ2) is 5.78. The SMILES string of the molecule is N=C(n1c(=N)c(Sc2nccs2)nc2ccccc21)C(F)(F)F. The fourth-order valence-corrected chi connectivity index (χ4v) is 3.47. The number of nitrogens with zero attached hydrogens (tertiary/aromatic N) is 3. The van der Waals surface area contributed by atoms with Crippen LogP contribution in [-0.4, -0.2) is 26.5 Å². The van der Waals surface area contributed by atoms with Crippen LogP contribution in [0.1, 0.15) is 0 Å². The van der Waals surface area contributed by atoms with Crippen LogP contribution in [0.15, 0.2) is 45.2 Å². The Balaban J connectivity index is 2.26. The largest absolute Gasteiger partial charge is 0.449 e. The van der Waals surface area contributed by atoms with Gasteiger partial charge in [0.2, 0.25) is 5.84 Å². The number of thiazole rings is 1. The lowest BCUT2D eigenvalue weighted by atomic mass is 10.3. The van der Waals surface area contributed by atoms with Gasteiger partial charge in [-0.25, -0.2) is 9.97 Å². The van der Waals surface area contributed by atoms with Crippen LogP contribution in [-0.2, 0) is 0 Å². The topological polar surface area (TPSA) is 78.4 Å². The summed E-state index contributed by atoms with van der Waals surface area (Å²) in [6.07, 6.45) is -3.31. The Morgan fingerprint density at radius 1 is 1.26 bits per heavy atom. The molecule has 0 spiro atoms. The summed E-state index contributed by atoms with van der Waals surface area (Å²) in [4.78, 5) is 8.26. The molecule has 10 heteroatoms. The van der Waals surface area contributed by atoms with Gasteiger partial charge in [0.1, 0.15) is 5.03 Å². The molecule has 5 nitrogen and oxygen atoms in total. The minimum absolute atomic E-state index is 0.0586. The van der Waals surface area contributed by atoms with Gasteiger partial charge in [0.25, 0.3) is 0 Å². The van der Waals surface area contributed by atoms with E-state index in [-0.39, 0.29) is 16.1 Å². The number of benzene rings is 1. The molecule has 0 amide bonds. The minimum atomic E-state index is -4.87. The van der Waals surface area contributed by atoms with Crippen molar-refractivity contribution in [2.75, 3.05) is 0 Å². The molecule has 0 aliphatic rings. The summed E-state index contributed by atoms with van der Waals surface area (Å²) in [5.74, 6) is -1.62. The molecule has 1 aromatic carbocycles. The zero-order valence-electron chi connectivity index (χ0n) is 11.3. The van der Waals surface area contributed by atoms with E-state index in [0.717, 1.165) is 11.8 Å².